The molecule has 1 aromatic heterocycles. The minimum Gasteiger partial charge on any atom is -0.253 e. The van der Waals surface area contributed by atoms with Crippen molar-refractivity contribution in [3.8, 4) is 0 Å². The maximum Gasteiger partial charge on any atom is 0.125 e. The van der Waals surface area contributed by atoms with Gasteiger partial charge in [0.05, 0.1) is 5.52 Å². The third kappa shape index (κ3) is 1.84. The molecule has 0 N–H and O–H groups in total. The molecule has 0 fully saturated rings. The molecule has 0 unspecified atom stereocenters. The highest BCUT2D eigenvalue weighted by molar-refractivity contribution is 5.82. The Bertz CT molecular complexity index is 498. The summed E-state index contributed by atoms with van der Waals surface area (Å²) in [6.07, 6.45) is 0. The van der Waals surface area contributed by atoms with Crippen LogP contribution in [0.2, 0.25) is 0 Å². The van der Waals surface area contributed by atoms with Gasteiger partial charge in [-0.15, -0.1) is 0 Å². The summed E-state index contributed by atoms with van der Waals surface area (Å²) in [7, 11) is 0. The molecule has 2 rings (SSSR count). The zero-order chi connectivity index (χ0) is 11.0. The van der Waals surface area contributed by atoms with Crippen LogP contribution >= 0.6 is 0 Å². The molecule has 0 spiro atoms. The topological polar surface area (TPSA) is 12.9 Å². The molecule has 0 radical (unpaired) electrons. The zero-order valence-electron chi connectivity index (χ0n) is 9.21. The van der Waals surface area contributed by atoms with E-state index in [0.717, 1.165) is 16.6 Å². The predicted octanol–water partition coefficient (Wildman–Crippen LogP) is 3.81. The van der Waals surface area contributed by atoms with Crippen LogP contribution in [0.25, 0.3) is 10.9 Å². The van der Waals surface area contributed by atoms with Gasteiger partial charge < -0.3 is 0 Å². The molecular formula is C13H14FN. The standard InChI is InChI=1S/C13H14FN/c1-8(2)12-6-9(3)15-13-7-10(14)4-5-11(12)13/h4-8H,1-3H3. The summed E-state index contributed by atoms with van der Waals surface area (Å²) in [4.78, 5) is 4.34. The van der Waals surface area contributed by atoms with Gasteiger partial charge in [-0.2, -0.15) is 0 Å². The van der Waals surface area contributed by atoms with Crippen molar-refractivity contribution in [3.63, 3.8) is 0 Å². The van der Waals surface area contributed by atoms with Crippen molar-refractivity contribution < 1.29 is 4.39 Å². The number of nitrogens with zero attached hydrogens (tertiary/aromatic N) is 1. The van der Waals surface area contributed by atoms with Gasteiger partial charge in [-0.05, 0) is 36.6 Å². The van der Waals surface area contributed by atoms with Crippen LogP contribution in [0.4, 0.5) is 4.39 Å². The molecule has 1 heterocycles. The van der Waals surface area contributed by atoms with Crippen LogP contribution in [0.15, 0.2) is 24.3 Å². The van der Waals surface area contributed by atoms with Crippen LogP contribution in [0.3, 0.4) is 0 Å². The molecule has 15 heavy (non-hydrogen) atoms. The van der Waals surface area contributed by atoms with Gasteiger partial charge in [-0.3, -0.25) is 4.98 Å². The second-order valence-corrected chi connectivity index (χ2v) is 4.17. The van der Waals surface area contributed by atoms with E-state index >= 15 is 0 Å². The molecule has 78 valence electrons. The van der Waals surface area contributed by atoms with Crippen molar-refractivity contribution in [1.29, 1.82) is 0 Å². The second kappa shape index (κ2) is 3.61. The Kier molecular flexibility index (Phi) is 2.43. The van der Waals surface area contributed by atoms with Gasteiger partial charge >= 0.3 is 0 Å². The van der Waals surface area contributed by atoms with Crippen LogP contribution in [0.1, 0.15) is 31.0 Å². The Balaban J connectivity index is 2.80. The zero-order valence-corrected chi connectivity index (χ0v) is 9.21. The van der Waals surface area contributed by atoms with Gasteiger partial charge in [0, 0.05) is 17.1 Å². The van der Waals surface area contributed by atoms with Crippen LogP contribution < -0.4 is 0 Å². The first-order chi connectivity index (χ1) is 7.08. The van der Waals surface area contributed by atoms with Gasteiger partial charge in [-0.1, -0.05) is 13.8 Å². The maximum atomic E-state index is 13.1. The van der Waals surface area contributed by atoms with Gasteiger partial charge in [0.1, 0.15) is 5.82 Å². The number of aryl methyl sites for hydroxylation is 1. The number of halogens is 1. The first-order valence-electron chi connectivity index (χ1n) is 5.14. The number of fused-ring (bicyclic) bond motifs is 1. The summed E-state index contributed by atoms with van der Waals surface area (Å²) in [6, 6.07) is 6.87. The van der Waals surface area contributed by atoms with E-state index < -0.39 is 0 Å². The van der Waals surface area contributed by atoms with Crippen LogP contribution in [-0.2, 0) is 0 Å². The average molecular weight is 203 g/mol. The van der Waals surface area contributed by atoms with E-state index in [-0.39, 0.29) is 5.82 Å². The quantitative estimate of drug-likeness (QED) is 0.686. The van der Waals surface area contributed by atoms with Crippen molar-refractivity contribution in [2.24, 2.45) is 0 Å². The SMILES string of the molecule is Cc1cc(C(C)C)c2ccc(F)cc2n1. The molecule has 0 bridgehead atoms. The predicted molar refractivity (Wildman–Crippen MR) is 60.5 cm³/mol. The first kappa shape index (κ1) is 10.1. The Morgan fingerprint density at radius 2 is 1.93 bits per heavy atom. The van der Waals surface area contributed by atoms with Crippen LogP contribution in [0.5, 0.6) is 0 Å². The van der Waals surface area contributed by atoms with Crippen molar-refractivity contribution >= 4 is 10.9 Å². The molecule has 1 nitrogen and oxygen atoms in total. The fraction of sp³-hybridized carbons (Fsp3) is 0.308. The number of aromatic nitrogens is 1. The molecule has 0 aliphatic rings. The Morgan fingerprint density at radius 3 is 2.60 bits per heavy atom. The van der Waals surface area contributed by atoms with Crippen molar-refractivity contribution in [2.75, 3.05) is 0 Å². The normalized spacial score (nSPS) is 11.3. The lowest BCUT2D eigenvalue weighted by Gasteiger charge is -2.10. The largest absolute Gasteiger partial charge is 0.253 e. The monoisotopic (exact) mass is 203 g/mol. The van der Waals surface area contributed by atoms with Crippen LogP contribution in [-0.4, -0.2) is 4.98 Å². The molecule has 0 aliphatic heterocycles. The van der Waals surface area contributed by atoms with Crippen molar-refractivity contribution in [2.45, 2.75) is 26.7 Å². The summed E-state index contributed by atoms with van der Waals surface area (Å²) in [5.41, 5.74) is 2.92. The first-order valence-corrected chi connectivity index (χ1v) is 5.14. The summed E-state index contributed by atoms with van der Waals surface area (Å²) < 4.78 is 13.1. The molecule has 1 aromatic carbocycles. The van der Waals surface area contributed by atoms with E-state index in [1.807, 2.05) is 13.0 Å². The highest BCUT2D eigenvalue weighted by Gasteiger charge is 2.07. The lowest BCUT2D eigenvalue weighted by atomic mass is 9.98. The lowest BCUT2D eigenvalue weighted by Crippen LogP contribution is -1.94. The van der Waals surface area contributed by atoms with E-state index in [2.05, 4.69) is 24.9 Å². The average Bonchev–Trinajstić information content (AvgIpc) is 2.15. The summed E-state index contributed by atoms with van der Waals surface area (Å²) in [6.45, 7) is 6.21. The van der Waals surface area contributed by atoms with Gasteiger partial charge in [0.15, 0.2) is 0 Å². The number of benzene rings is 1. The van der Waals surface area contributed by atoms with E-state index in [4.69, 9.17) is 0 Å². The minimum absolute atomic E-state index is 0.227. The molecule has 0 atom stereocenters. The fourth-order valence-electron chi connectivity index (χ4n) is 1.84. The molecule has 2 aromatic rings. The van der Waals surface area contributed by atoms with Gasteiger partial charge in [0.25, 0.3) is 0 Å². The molecule has 2 heteroatoms. The van der Waals surface area contributed by atoms with Gasteiger partial charge in [-0.25, -0.2) is 4.39 Å². The molecule has 0 saturated carbocycles. The third-order valence-corrected chi connectivity index (χ3v) is 2.55. The molecular weight excluding hydrogens is 189 g/mol. The minimum atomic E-state index is -0.227. The summed E-state index contributed by atoms with van der Waals surface area (Å²) in [5.74, 6) is 0.204. The van der Waals surface area contributed by atoms with E-state index in [1.54, 1.807) is 0 Å². The Morgan fingerprint density at radius 1 is 1.20 bits per heavy atom. The van der Waals surface area contributed by atoms with Crippen LogP contribution in [0, 0.1) is 12.7 Å². The number of pyridine rings is 1. The number of rotatable bonds is 1. The maximum absolute atomic E-state index is 13.1. The highest BCUT2D eigenvalue weighted by Crippen LogP contribution is 2.25. The highest BCUT2D eigenvalue weighted by atomic mass is 19.1. The van der Waals surface area contributed by atoms with Crippen molar-refractivity contribution in [3.05, 3.63) is 41.3 Å². The number of hydrogen-bond donors (Lipinski definition) is 0. The fourth-order valence-corrected chi connectivity index (χ4v) is 1.84. The molecule has 0 amide bonds. The van der Waals surface area contributed by atoms with E-state index in [9.17, 15) is 4.39 Å². The summed E-state index contributed by atoms with van der Waals surface area (Å²) in [5, 5.41) is 1.05. The van der Waals surface area contributed by atoms with Crippen molar-refractivity contribution in [1.82, 2.24) is 4.98 Å². The molecule has 0 saturated heterocycles. The molecule has 0 aliphatic carbocycles. The Hall–Kier alpha value is -1.44. The van der Waals surface area contributed by atoms with E-state index in [1.165, 1.54) is 17.7 Å². The Labute approximate surface area is 89.0 Å². The number of hydrogen-bond acceptors (Lipinski definition) is 1. The summed E-state index contributed by atoms with van der Waals surface area (Å²) >= 11 is 0. The van der Waals surface area contributed by atoms with Gasteiger partial charge in [0.2, 0.25) is 0 Å². The van der Waals surface area contributed by atoms with E-state index in [0.29, 0.717) is 5.92 Å². The smallest absolute Gasteiger partial charge is 0.125 e. The third-order valence-electron chi connectivity index (χ3n) is 2.55. The second-order valence-electron chi connectivity index (χ2n) is 4.17. The lowest BCUT2D eigenvalue weighted by molar-refractivity contribution is 0.629.